The van der Waals surface area contributed by atoms with Gasteiger partial charge in [-0.05, 0) is 13.8 Å². The molecule has 0 N–H and O–H groups in total. The van der Waals surface area contributed by atoms with Crippen molar-refractivity contribution in [2.24, 2.45) is 0 Å². The van der Waals surface area contributed by atoms with Crippen LogP contribution >= 0.6 is 0 Å². The maximum absolute atomic E-state index is 11.0. The molecule has 0 aliphatic rings. The van der Waals surface area contributed by atoms with Gasteiger partial charge in [0.15, 0.2) is 0 Å². The number of ether oxygens (including phenoxy) is 1. The lowest BCUT2D eigenvalue weighted by molar-refractivity contribution is -0.140. The molecule has 0 spiro atoms. The van der Waals surface area contributed by atoms with E-state index in [1.54, 1.807) is 4.90 Å². The monoisotopic (exact) mass is 224 g/mol. The minimum atomic E-state index is -0.247. The van der Waals surface area contributed by atoms with Crippen molar-refractivity contribution in [2.45, 2.75) is 20.3 Å². The Hall–Kier alpha value is -1.72. The van der Waals surface area contributed by atoms with E-state index in [1.165, 1.54) is 7.11 Å². The maximum atomic E-state index is 11.0. The summed E-state index contributed by atoms with van der Waals surface area (Å²) in [4.78, 5) is 17.0. The second-order valence-corrected chi connectivity index (χ2v) is 3.53. The van der Waals surface area contributed by atoms with Gasteiger partial charge < -0.3 is 9.64 Å². The van der Waals surface area contributed by atoms with Crippen LogP contribution in [0.1, 0.15) is 17.8 Å². The van der Waals surface area contributed by atoms with E-state index in [1.807, 2.05) is 20.9 Å². The second kappa shape index (κ2) is 5.39. The third kappa shape index (κ3) is 3.15. The SMILES string of the molecule is COC(=O)CCN(C)c1nnc(C)c(C)n1. The second-order valence-electron chi connectivity index (χ2n) is 3.53. The summed E-state index contributed by atoms with van der Waals surface area (Å²) in [6.45, 7) is 4.24. The Labute approximate surface area is 94.6 Å². The van der Waals surface area contributed by atoms with E-state index < -0.39 is 0 Å². The van der Waals surface area contributed by atoms with Gasteiger partial charge in [-0.15, -0.1) is 5.10 Å². The molecule has 1 aromatic rings. The third-order valence-electron chi connectivity index (χ3n) is 2.30. The van der Waals surface area contributed by atoms with Crippen molar-refractivity contribution in [3.8, 4) is 0 Å². The Morgan fingerprint density at radius 2 is 2.00 bits per heavy atom. The standard InChI is InChI=1S/C10H16N4O2/c1-7-8(2)12-13-10(11-7)14(3)6-5-9(15)16-4/h5-6H2,1-4H3. The molecule has 0 bridgehead atoms. The van der Waals surface area contributed by atoms with Gasteiger partial charge in [-0.3, -0.25) is 4.79 Å². The Bertz CT molecular complexity index is 381. The van der Waals surface area contributed by atoms with Crippen molar-refractivity contribution >= 4 is 11.9 Å². The molecule has 1 heterocycles. The number of hydrogen-bond donors (Lipinski definition) is 0. The predicted octanol–water partition coefficient (Wildman–Crippen LogP) is 0.488. The lowest BCUT2D eigenvalue weighted by Crippen LogP contribution is -2.24. The van der Waals surface area contributed by atoms with Gasteiger partial charge in [0.25, 0.3) is 0 Å². The van der Waals surface area contributed by atoms with Gasteiger partial charge in [0.05, 0.1) is 24.9 Å². The van der Waals surface area contributed by atoms with Crippen LogP contribution < -0.4 is 4.90 Å². The molecule has 0 amide bonds. The summed E-state index contributed by atoms with van der Waals surface area (Å²) in [6.07, 6.45) is 0.309. The van der Waals surface area contributed by atoms with E-state index >= 15 is 0 Å². The first kappa shape index (κ1) is 12.4. The van der Waals surface area contributed by atoms with Crippen LogP contribution in [0.5, 0.6) is 0 Å². The number of esters is 1. The quantitative estimate of drug-likeness (QED) is 0.693. The van der Waals surface area contributed by atoms with Gasteiger partial charge in [0.2, 0.25) is 5.95 Å². The maximum Gasteiger partial charge on any atom is 0.307 e. The van der Waals surface area contributed by atoms with Crippen LogP contribution in [0.3, 0.4) is 0 Å². The normalized spacial score (nSPS) is 10.0. The van der Waals surface area contributed by atoms with Crippen LogP contribution in [0.4, 0.5) is 5.95 Å². The average Bonchev–Trinajstić information content (AvgIpc) is 2.29. The lowest BCUT2D eigenvalue weighted by Gasteiger charge is -2.15. The van der Waals surface area contributed by atoms with E-state index in [2.05, 4.69) is 19.9 Å². The van der Waals surface area contributed by atoms with Gasteiger partial charge in [-0.25, -0.2) is 4.98 Å². The Balaban J connectivity index is 2.62. The number of aromatic nitrogens is 3. The first-order valence-electron chi connectivity index (χ1n) is 5.00. The molecular weight excluding hydrogens is 208 g/mol. The highest BCUT2D eigenvalue weighted by Gasteiger charge is 2.09. The Morgan fingerprint density at radius 3 is 2.56 bits per heavy atom. The molecule has 0 unspecified atom stereocenters. The topological polar surface area (TPSA) is 68.2 Å². The summed E-state index contributed by atoms with van der Waals surface area (Å²) in [7, 11) is 3.19. The minimum Gasteiger partial charge on any atom is -0.469 e. The molecule has 1 rings (SSSR count). The number of carbonyl (C=O) groups is 1. The number of carbonyl (C=O) groups excluding carboxylic acids is 1. The number of hydrogen-bond acceptors (Lipinski definition) is 6. The van der Waals surface area contributed by atoms with Gasteiger partial charge in [0.1, 0.15) is 0 Å². The molecule has 16 heavy (non-hydrogen) atoms. The zero-order valence-corrected chi connectivity index (χ0v) is 10.0. The number of anilines is 1. The van der Waals surface area contributed by atoms with Crippen molar-refractivity contribution in [1.29, 1.82) is 0 Å². The number of rotatable bonds is 4. The smallest absolute Gasteiger partial charge is 0.307 e. The highest BCUT2D eigenvalue weighted by Crippen LogP contribution is 2.06. The molecule has 6 nitrogen and oxygen atoms in total. The Morgan fingerprint density at radius 1 is 1.31 bits per heavy atom. The summed E-state index contributed by atoms with van der Waals surface area (Å²) in [6, 6.07) is 0. The highest BCUT2D eigenvalue weighted by atomic mass is 16.5. The van der Waals surface area contributed by atoms with Crippen LogP contribution in [0.2, 0.25) is 0 Å². The summed E-state index contributed by atoms with van der Waals surface area (Å²) >= 11 is 0. The van der Waals surface area contributed by atoms with Crippen molar-refractivity contribution in [2.75, 3.05) is 25.6 Å². The lowest BCUT2D eigenvalue weighted by atomic mass is 10.4. The minimum absolute atomic E-state index is 0.247. The Kier molecular flexibility index (Phi) is 4.16. The van der Waals surface area contributed by atoms with Crippen LogP contribution in [0, 0.1) is 13.8 Å². The van der Waals surface area contributed by atoms with Gasteiger partial charge in [-0.1, -0.05) is 0 Å². The molecule has 0 radical (unpaired) electrons. The summed E-state index contributed by atoms with van der Waals surface area (Å²) in [5, 5.41) is 7.93. The van der Waals surface area contributed by atoms with E-state index in [0.29, 0.717) is 18.9 Å². The average molecular weight is 224 g/mol. The number of nitrogens with zero attached hydrogens (tertiary/aromatic N) is 4. The van der Waals surface area contributed by atoms with Gasteiger partial charge in [0, 0.05) is 13.6 Å². The highest BCUT2D eigenvalue weighted by molar-refractivity contribution is 5.69. The van der Waals surface area contributed by atoms with Crippen LogP contribution in [0.15, 0.2) is 0 Å². The van der Waals surface area contributed by atoms with E-state index in [9.17, 15) is 4.79 Å². The fourth-order valence-corrected chi connectivity index (χ4v) is 1.07. The molecule has 0 saturated carbocycles. The van der Waals surface area contributed by atoms with Crippen LogP contribution in [-0.2, 0) is 9.53 Å². The van der Waals surface area contributed by atoms with E-state index in [-0.39, 0.29) is 5.97 Å². The zero-order chi connectivity index (χ0) is 12.1. The largest absolute Gasteiger partial charge is 0.469 e. The summed E-state index contributed by atoms with van der Waals surface area (Å²) < 4.78 is 4.56. The van der Waals surface area contributed by atoms with E-state index in [4.69, 9.17) is 0 Å². The van der Waals surface area contributed by atoms with E-state index in [0.717, 1.165) is 11.4 Å². The van der Waals surface area contributed by atoms with Crippen LogP contribution in [0.25, 0.3) is 0 Å². The molecule has 6 heteroatoms. The molecule has 0 atom stereocenters. The van der Waals surface area contributed by atoms with Gasteiger partial charge in [-0.2, -0.15) is 5.10 Å². The molecule has 0 aromatic carbocycles. The molecular formula is C10H16N4O2. The van der Waals surface area contributed by atoms with Crippen molar-refractivity contribution < 1.29 is 9.53 Å². The van der Waals surface area contributed by atoms with Crippen molar-refractivity contribution in [3.63, 3.8) is 0 Å². The van der Waals surface area contributed by atoms with Gasteiger partial charge >= 0.3 is 5.97 Å². The zero-order valence-electron chi connectivity index (χ0n) is 10.0. The fraction of sp³-hybridized carbons (Fsp3) is 0.600. The molecule has 0 fully saturated rings. The molecule has 0 aliphatic heterocycles. The number of aryl methyl sites for hydroxylation is 2. The third-order valence-corrected chi connectivity index (χ3v) is 2.30. The molecule has 1 aromatic heterocycles. The molecule has 88 valence electrons. The summed E-state index contributed by atoms with van der Waals surface area (Å²) in [5.41, 5.74) is 1.65. The first-order valence-corrected chi connectivity index (χ1v) is 5.00. The van der Waals surface area contributed by atoms with Crippen LogP contribution in [-0.4, -0.2) is 41.9 Å². The van der Waals surface area contributed by atoms with Crippen molar-refractivity contribution in [3.05, 3.63) is 11.4 Å². The number of methoxy groups -OCH3 is 1. The predicted molar refractivity (Wildman–Crippen MR) is 59.2 cm³/mol. The fourth-order valence-electron chi connectivity index (χ4n) is 1.07. The molecule has 0 saturated heterocycles. The summed E-state index contributed by atoms with van der Waals surface area (Å²) in [5.74, 6) is 0.274. The first-order chi connectivity index (χ1) is 7.54. The molecule has 0 aliphatic carbocycles. The van der Waals surface area contributed by atoms with Crippen molar-refractivity contribution in [1.82, 2.24) is 15.2 Å².